The Morgan fingerprint density at radius 2 is 2.14 bits per heavy atom. The van der Waals surface area contributed by atoms with Crippen LogP contribution in [-0.2, 0) is 4.74 Å². The number of hydrogen-bond donors (Lipinski definition) is 1. The van der Waals surface area contributed by atoms with E-state index in [0.29, 0.717) is 12.0 Å². The quantitative estimate of drug-likeness (QED) is 0.790. The van der Waals surface area contributed by atoms with Crippen molar-refractivity contribution in [3.8, 4) is 5.75 Å². The molecule has 0 radical (unpaired) electrons. The van der Waals surface area contributed by atoms with E-state index in [4.69, 9.17) is 9.47 Å². The molecule has 3 nitrogen and oxygen atoms in total. The van der Waals surface area contributed by atoms with Gasteiger partial charge in [0.15, 0.2) is 0 Å². The van der Waals surface area contributed by atoms with E-state index in [9.17, 15) is 0 Å². The lowest BCUT2D eigenvalue weighted by Crippen LogP contribution is -2.21. The van der Waals surface area contributed by atoms with Gasteiger partial charge in [0.1, 0.15) is 5.75 Å². The van der Waals surface area contributed by atoms with Gasteiger partial charge in [-0.2, -0.15) is 0 Å². The average molecular weight is 356 g/mol. The molecule has 1 aromatic carbocycles. The third kappa shape index (κ3) is 5.28. The minimum absolute atomic E-state index is 0.351. The number of halogens is 1. The predicted octanol–water partition coefficient (Wildman–Crippen LogP) is 4.32. The van der Waals surface area contributed by atoms with Crippen LogP contribution in [0.2, 0.25) is 0 Å². The molecule has 21 heavy (non-hydrogen) atoms. The summed E-state index contributed by atoms with van der Waals surface area (Å²) in [6.07, 6.45) is 3.36. The van der Waals surface area contributed by atoms with Gasteiger partial charge < -0.3 is 14.8 Å². The number of nitrogens with one attached hydrogen (secondary N) is 1. The van der Waals surface area contributed by atoms with Gasteiger partial charge in [-0.1, -0.05) is 28.9 Å². The van der Waals surface area contributed by atoms with E-state index in [1.165, 1.54) is 5.56 Å². The second-order valence-corrected chi connectivity index (χ2v) is 6.58. The van der Waals surface area contributed by atoms with Gasteiger partial charge in [0.05, 0.1) is 6.61 Å². The van der Waals surface area contributed by atoms with Crippen molar-refractivity contribution in [3.05, 3.63) is 28.2 Å². The molecule has 0 bridgehead atoms. The number of hydrogen-bond acceptors (Lipinski definition) is 3. The van der Waals surface area contributed by atoms with E-state index in [2.05, 4.69) is 53.3 Å². The summed E-state index contributed by atoms with van der Waals surface area (Å²) in [6.45, 7) is 7.95. The third-order valence-electron chi connectivity index (χ3n) is 3.97. The van der Waals surface area contributed by atoms with Gasteiger partial charge in [0, 0.05) is 23.7 Å². The molecule has 1 unspecified atom stereocenters. The summed E-state index contributed by atoms with van der Waals surface area (Å²) in [5.74, 6) is 1.57. The molecule has 1 saturated heterocycles. The molecule has 1 aliphatic rings. The van der Waals surface area contributed by atoms with Crippen LogP contribution in [-0.4, -0.2) is 26.4 Å². The van der Waals surface area contributed by atoms with Gasteiger partial charge in [0.25, 0.3) is 0 Å². The molecular weight excluding hydrogens is 330 g/mol. The second kappa shape index (κ2) is 8.76. The van der Waals surface area contributed by atoms with Crippen molar-refractivity contribution in [1.82, 2.24) is 5.32 Å². The van der Waals surface area contributed by atoms with Gasteiger partial charge in [0.2, 0.25) is 0 Å². The maximum absolute atomic E-state index is 5.94. The first kappa shape index (κ1) is 16.8. The van der Waals surface area contributed by atoms with Crippen molar-refractivity contribution in [1.29, 1.82) is 0 Å². The largest absolute Gasteiger partial charge is 0.493 e. The van der Waals surface area contributed by atoms with Gasteiger partial charge in [-0.25, -0.2) is 0 Å². The SMILES string of the molecule is CCCNC(C)c1ccc(OCC2CCOCC2)cc1Br. The van der Waals surface area contributed by atoms with Gasteiger partial charge >= 0.3 is 0 Å². The van der Waals surface area contributed by atoms with Crippen LogP contribution in [0.5, 0.6) is 5.75 Å². The summed E-state index contributed by atoms with van der Waals surface area (Å²) in [6, 6.07) is 6.66. The summed E-state index contributed by atoms with van der Waals surface area (Å²) >= 11 is 3.67. The third-order valence-corrected chi connectivity index (χ3v) is 4.65. The summed E-state index contributed by atoms with van der Waals surface area (Å²) in [4.78, 5) is 0. The lowest BCUT2D eigenvalue weighted by atomic mass is 10.0. The molecule has 1 aromatic rings. The molecule has 118 valence electrons. The summed E-state index contributed by atoms with van der Waals surface area (Å²) < 4.78 is 12.4. The Morgan fingerprint density at radius 1 is 1.38 bits per heavy atom. The predicted molar refractivity (Wildman–Crippen MR) is 89.9 cm³/mol. The minimum Gasteiger partial charge on any atom is -0.493 e. The number of benzene rings is 1. The van der Waals surface area contributed by atoms with Crippen LogP contribution in [0.1, 0.15) is 44.7 Å². The van der Waals surface area contributed by atoms with Crippen LogP contribution >= 0.6 is 15.9 Å². The lowest BCUT2D eigenvalue weighted by molar-refractivity contribution is 0.0497. The molecule has 1 atom stereocenters. The monoisotopic (exact) mass is 355 g/mol. The standard InChI is InChI=1S/C17H26BrNO2/c1-3-8-19-13(2)16-5-4-15(11-17(16)18)21-12-14-6-9-20-10-7-14/h4-5,11,13-14,19H,3,6-10,12H2,1-2H3. The van der Waals surface area contributed by atoms with Gasteiger partial charge in [-0.3, -0.25) is 0 Å². The molecule has 0 aromatic heterocycles. The van der Waals surface area contributed by atoms with Gasteiger partial charge in [-0.15, -0.1) is 0 Å². The molecule has 1 aliphatic heterocycles. The van der Waals surface area contributed by atoms with Crippen LogP contribution in [0.25, 0.3) is 0 Å². The van der Waals surface area contributed by atoms with Crippen LogP contribution in [0.3, 0.4) is 0 Å². The first-order valence-corrected chi connectivity index (χ1v) is 8.73. The Labute approximate surface area is 136 Å². The second-order valence-electron chi connectivity index (χ2n) is 5.73. The van der Waals surface area contributed by atoms with Crippen LogP contribution < -0.4 is 10.1 Å². The van der Waals surface area contributed by atoms with Crippen LogP contribution in [0, 0.1) is 5.92 Å². The van der Waals surface area contributed by atoms with E-state index in [1.807, 2.05) is 0 Å². The smallest absolute Gasteiger partial charge is 0.120 e. The zero-order chi connectivity index (χ0) is 15.1. The molecular formula is C17H26BrNO2. The molecule has 0 spiro atoms. The number of rotatable bonds is 7. The molecule has 1 fully saturated rings. The highest BCUT2D eigenvalue weighted by molar-refractivity contribution is 9.10. The molecule has 1 N–H and O–H groups in total. The van der Waals surface area contributed by atoms with Crippen molar-refractivity contribution in [3.63, 3.8) is 0 Å². The fourth-order valence-corrected chi connectivity index (χ4v) is 3.25. The molecule has 0 saturated carbocycles. The Morgan fingerprint density at radius 3 is 2.81 bits per heavy atom. The maximum Gasteiger partial charge on any atom is 0.120 e. The Balaban J connectivity index is 1.88. The topological polar surface area (TPSA) is 30.5 Å². The number of ether oxygens (including phenoxy) is 2. The Kier molecular flexibility index (Phi) is 7.00. The summed E-state index contributed by atoms with van der Waals surface area (Å²) in [5, 5.41) is 3.51. The fraction of sp³-hybridized carbons (Fsp3) is 0.647. The van der Waals surface area contributed by atoms with E-state index < -0.39 is 0 Å². The summed E-state index contributed by atoms with van der Waals surface area (Å²) in [7, 11) is 0. The Bertz CT molecular complexity index is 433. The van der Waals surface area contributed by atoms with E-state index in [0.717, 1.165) is 55.9 Å². The lowest BCUT2D eigenvalue weighted by Gasteiger charge is -2.22. The van der Waals surface area contributed by atoms with E-state index in [-0.39, 0.29) is 0 Å². The molecule has 0 amide bonds. The van der Waals surface area contributed by atoms with Crippen molar-refractivity contribution < 1.29 is 9.47 Å². The fourth-order valence-electron chi connectivity index (χ4n) is 2.55. The normalized spacial score (nSPS) is 17.7. The van der Waals surface area contributed by atoms with Crippen molar-refractivity contribution in [2.75, 3.05) is 26.4 Å². The van der Waals surface area contributed by atoms with Crippen molar-refractivity contribution in [2.45, 2.75) is 39.2 Å². The van der Waals surface area contributed by atoms with Crippen molar-refractivity contribution in [2.24, 2.45) is 5.92 Å². The first-order valence-electron chi connectivity index (χ1n) is 7.94. The molecule has 1 heterocycles. The molecule has 2 rings (SSSR count). The van der Waals surface area contributed by atoms with Gasteiger partial charge in [-0.05, 0) is 56.3 Å². The maximum atomic E-state index is 5.94. The Hall–Kier alpha value is -0.580. The van der Waals surface area contributed by atoms with Crippen LogP contribution in [0.4, 0.5) is 0 Å². The van der Waals surface area contributed by atoms with E-state index in [1.54, 1.807) is 0 Å². The highest BCUT2D eigenvalue weighted by atomic mass is 79.9. The summed E-state index contributed by atoms with van der Waals surface area (Å²) in [5.41, 5.74) is 1.28. The van der Waals surface area contributed by atoms with E-state index >= 15 is 0 Å². The highest BCUT2D eigenvalue weighted by Gasteiger charge is 2.15. The van der Waals surface area contributed by atoms with Crippen LogP contribution in [0.15, 0.2) is 22.7 Å². The van der Waals surface area contributed by atoms with Crippen molar-refractivity contribution >= 4 is 15.9 Å². The molecule has 0 aliphatic carbocycles. The minimum atomic E-state index is 0.351. The zero-order valence-corrected chi connectivity index (χ0v) is 14.6. The highest BCUT2D eigenvalue weighted by Crippen LogP contribution is 2.28. The average Bonchev–Trinajstić information content (AvgIpc) is 2.51. The molecule has 4 heteroatoms. The zero-order valence-electron chi connectivity index (χ0n) is 13.0. The first-order chi connectivity index (χ1) is 10.2.